The molecule has 2 saturated carbocycles. The zero-order chi connectivity index (χ0) is 12.1. The minimum absolute atomic E-state index is 0.116. The summed E-state index contributed by atoms with van der Waals surface area (Å²) in [4.78, 5) is 12.0. The smallest absolute Gasteiger partial charge is 0.249 e. The molecule has 4 fully saturated rings. The third-order valence-corrected chi connectivity index (χ3v) is 5.49. The highest BCUT2D eigenvalue weighted by atomic mass is 16.5. The van der Waals surface area contributed by atoms with Crippen LogP contribution in [0.4, 0.5) is 0 Å². The number of carbonyl (C=O) groups excluding carboxylic acids is 1. The lowest BCUT2D eigenvalue weighted by atomic mass is 9.88. The number of ether oxygens (including phenoxy) is 1. The highest BCUT2D eigenvalue weighted by Gasteiger charge is 2.57. The maximum absolute atomic E-state index is 12.0. The van der Waals surface area contributed by atoms with Gasteiger partial charge in [0.15, 0.2) is 0 Å². The highest BCUT2D eigenvalue weighted by Crippen LogP contribution is 2.52. The Bertz CT molecular complexity index is 358. The Morgan fingerprint density at radius 3 is 3.06 bits per heavy atom. The third-order valence-electron chi connectivity index (χ3n) is 5.49. The van der Waals surface area contributed by atoms with Crippen molar-refractivity contribution in [3.05, 3.63) is 0 Å². The number of hydrogen-bond donors (Lipinski definition) is 2. The molecule has 6 atom stereocenters. The van der Waals surface area contributed by atoms with Crippen molar-refractivity contribution in [1.29, 1.82) is 0 Å². The lowest BCUT2D eigenvalue weighted by molar-refractivity contribution is -0.139. The molecule has 6 unspecified atom stereocenters. The number of rotatable bonds is 2. The minimum atomic E-state index is -0.197. The van der Waals surface area contributed by atoms with Crippen molar-refractivity contribution in [2.75, 3.05) is 13.1 Å². The van der Waals surface area contributed by atoms with Crippen molar-refractivity contribution >= 4 is 5.91 Å². The van der Waals surface area contributed by atoms with Crippen LogP contribution in [-0.4, -0.2) is 37.2 Å². The van der Waals surface area contributed by atoms with Gasteiger partial charge in [-0.2, -0.15) is 0 Å². The molecule has 4 heteroatoms. The summed E-state index contributed by atoms with van der Waals surface area (Å²) in [6, 6.07) is 0.532. The molecule has 2 N–H and O–H groups in total. The van der Waals surface area contributed by atoms with Crippen LogP contribution in [0.15, 0.2) is 0 Å². The predicted octanol–water partition coefficient (Wildman–Crippen LogP) is 0.668. The Balaban J connectivity index is 1.46. The van der Waals surface area contributed by atoms with Crippen molar-refractivity contribution in [3.8, 4) is 0 Å². The molecule has 2 heterocycles. The Labute approximate surface area is 108 Å². The molecule has 100 valence electrons. The fourth-order valence-corrected chi connectivity index (χ4v) is 4.66. The van der Waals surface area contributed by atoms with Crippen LogP contribution < -0.4 is 10.6 Å². The van der Waals surface area contributed by atoms with E-state index in [1.807, 2.05) is 0 Å². The van der Waals surface area contributed by atoms with E-state index in [1.165, 1.54) is 19.4 Å². The van der Waals surface area contributed by atoms with Crippen LogP contribution in [0.3, 0.4) is 0 Å². The van der Waals surface area contributed by atoms with Gasteiger partial charge in [-0.05, 0) is 56.4 Å². The number of amides is 1. The number of hydrogen-bond acceptors (Lipinski definition) is 3. The first-order chi connectivity index (χ1) is 8.83. The van der Waals surface area contributed by atoms with Gasteiger partial charge in [0.2, 0.25) is 5.91 Å². The lowest BCUT2D eigenvalue weighted by Gasteiger charge is -2.30. The largest absolute Gasteiger partial charge is 0.363 e. The molecule has 1 amide bonds. The molecule has 2 aliphatic carbocycles. The van der Waals surface area contributed by atoms with E-state index in [0.717, 1.165) is 37.6 Å². The first-order valence-electron chi connectivity index (χ1n) is 7.49. The summed E-state index contributed by atoms with van der Waals surface area (Å²) in [7, 11) is 0. The second-order valence-electron chi connectivity index (χ2n) is 6.47. The maximum Gasteiger partial charge on any atom is 0.249 e. The zero-order valence-electron chi connectivity index (χ0n) is 10.7. The molecule has 0 spiro atoms. The summed E-state index contributed by atoms with van der Waals surface area (Å²) in [5, 5.41) is 6.59. The van der Waals surface area contributed by atoms with E-state index in [4.69, 9.17) is 4.74 Å². The fourth-order valence-electron chi connectivity index (χ4n) is 4.66. The van der Waals surface area contributed by atoms with Crippen LogP contribution in [0.5, 0.6) is 0 Å². The van der Waals surface area contributed by atoms with E-state index in [9.17, 15) is 4.79 Å². The molecule has 4 aliphatic rings. The minimum Gasteiger partial charge on any atom is -0.363 e. The van der Waals surface area contributed by atoms with Gasteiger partial charge < -0.3 is 15.4 Å². The van der Waals surface area contributed by atoms with Crippen molar-refractivity contribution < 1.29 is 9.53 Å². The summed E-state index contributed by atoms with van der Waals surface area (Å²) in [6.07, 6.45) is 5.82. The molecule has 18 heavy (non-hydrogen) atoms. The van der Waals surface area contributed by atoms with E-state index in [-0.39, 0.29) is 12.0 Å². The van der Waals surface area contributed by atoms with E-state index in [0.29, 0.717) is 18.1 Å². The second-order valence-corrected chi connectivity index (χ2v) is 6.47. The van der Waals surface area contributed by atoms with Gasteiger partial charge in [0, 0.05) is 12.6 Å². The van der Waals surface area contributed by atoms with Gasteiger partial charge in [0.1, 0.15) is 6.10 Å². The van der Waals surface area contributed by atoms with E-state index >= 15 is 0 Å². The van der Waals surface area contributed by atoms with E-state index in [2.05, 4.69) is 10.6 Å². The normalized spacial score (nSPS) is 50.3. The summed E-state index contributed by atoms with van der Waals surface area (Å²) in [6.45, 7) is 1.99. The second kappa shape index (κ2) is 4.20. The van der Waals surface area contributed by atoms with Gasteiger partial charge in [-0.1, -0.05) is 0 Å². The molecule has 4 rings (SSSR count). The summed E-state index contributed by atoms with van der Waals surface area (Å²) >= 11 is 0. The fraction of sp³-hybridized carbons (Fsp3) is 0.929. The first-order valence-corrected chi connectivity index (χ1v) is 7.49. The number of nitrogens with one attached hydrogen (secondary N) is 2. The monoisotopic (exact) mass is 250 g/mol. The molecule has 2 aliphatic heterocycles. The van der Waals surface area contributed by atoms with Crippen LogP contribution >= 0.6 is 0 Å². The summed E-state index contributed by atoms with van der Waals surface area (Å²) in [5.74, 6) is 2.54. The summed E-state index contributed by atoms with van der Waals surface area (Å²) < 4.78 is 6.23. The number of carbonyl (C=O) groups is 1. The third kappa shape index (κ3) is 1.62. The molecule has 2 bridgehead atoms. The topological polar surface area (TPSA) is 50.4 Å². The lowest BCUT2D eigenvalue weighted by Crippen LogP contribution is -2.45. The van der Waals surface area contributed by atoms with Gasteiger partial charge in [-0.15, -0.1) is 0 Å². The Morgan fingerprint density at radius 2 is 2.11 bits per heavy atom. The molecule has 0 aromatic heterocycles. The average molecular weight is 250 g/mol. The van der Waals surface area contributed by atoms with Crippen LogP contribution in [0.2, 0.25) is 0 Å². The Kier molecular flexibility index (Phi) is 2.62. The highest BCUT2D eigenvalue weighted by molar-refractivity contribution is 5.80. The van der Waals surface area contributed by atoms with Gasteiger partial charge in [0.25, 0.3) is 0 Å². The average Bonchev–Trinajstić information content (AvgIpc) is 2.92. The quantitative estimate of drug-likeness (QED) is 0.757. The molecule has 0 aromatic carbocycles. The molecule has 0 radical (unpaired) electrons. The van der Waals surface area contributed by atoms with Gasteiger partial charge in [-0.3, -0.25) is 4.79 Å². The van der Waals surface area contributed by atoms with Crippen LogP contribution in [0.25, 0.3) is 0 Å². The van der Waals surface area contributed by atoms with Crippen molar-refractivity contribution in [3.63, 3.8) is 0 Å². The maximum atomic E-state index is 12.0. The SMILES string of the molecule is O=C1NCCCCC1OC1C2CC3CNC1C3C2. The zero-order valence-corrected chi connectivity index (χ0v) is 10.7. The van der Waals surface area contributed by atoms with Crippen molar-refractivity contribution in [1.82, 2.24) is 10.6 Å². The van der Waals surface area contributed by atoms with Crippen LogP contribution in [0.1, 0.15) is 32.1 Å². The van der Waals surface area contributed by atoms with Gasteiger partial charge in [0.05, 0.1) is 6.10 Å². The van der Waals surface area contributed by atoms with E-state index < -0.39 is 0 Å². The molecule has 2 saturated heterocycles. The molecule has 4 nitrogen and oxygen atoms in total. The Morgan fingerprint density at radius 1 is 1.17 bits per heavy atom. The van der Waals surface area contributed by atoms with Gasteiger partial charge >= 0.3 is 0 Å². The van der Waals surface area contributed by atoms with Crippen LogP contribution in [-0.2, 0) is 9.53 Å². The predicted molar refractivity (Wildman–Crippen MR) is 67.0 cm³/mol. The van der Waals surface area contributed by atoms with Gasteiger partial charge in [-0.25, -0.2) is 0 Å². The standard InChI is InChI=1S/C14H22N2O2/c17-14-11(3-1-2-4-15-14)18-13-8-5-9-7-16-12(13)10(9)6-8/h8-13,16H,1-7H2,(H,15,17). The first kappa shape index (κ1) is 11.2. The van der Waals surface area contributed by atoms with Crippen molar-refractivity contribution in [2.24, 2.45) is 17.8 Å². The van der Waals surface area contributed by atoms with E-state index in [1.54, 1.807) is 0 Å². The van der Waals surface area contributed by atoms with Crippen molar-refractivity contribution in [2.45, 2.75) is 50.4 Å². The molecule has 0 aromatic rings. The molecular formula is C14H22N2O2. The Hall–Kier alpha value is -0.610. The van der Waals surface area contributed by atoms with Crippen LogP contribution in [0, 0.1) is 17.8 Å². The molecular weight excluding hydrogens is 228 g/mol. The summed E-state index contributed by atoms with van der Waals surface area (Å²) in [5.41, 5.74) is 0. The number of fused-ring (bicyclic) bond motifs is 1.